The first-order chi connectivity index (χ1) is 14.5. The van der Waals surface area contributed by atoms with Crippen LogP contribution in [-0.4, -0.2) is 53.1 Å². The van der Waals surface area contributed by atoms with Crippen molar-refractivity contribution in [2.75, 3.05) is 31.1 Å². The zero-order chi connectivity index (χ0) is 21.0. The van der Waals surface area contributed by atoms with Gasteiger partial charge in [-0.05, 0) is 49.9 Å². The number of aromatic nitrogens is 2. The second-order valence-electron chi connectivity index (χ2n) is 8.23. The maximum Gasteiger partial charge on any atom is 0.417 e. The molecule has 4 heterocycles. The van der Waals surface area contributed by atoms with Gasteiger partial charge >= 0.3 is 6.18 Å². The van der Waals surface area contributed by atoms with Crippen molar-refractivity contribution < 1.29 is 13.2 Å². The van der Waals surface area contributed by atoms with E-state index in [1.807, 2.05) is 18.3 Å². The van der Waals surface area contributed by atoms with Gasteiger partial charge in [-0.2, -0.15) is 13.2 Å². The molecule has 5 nitrogen and oxygen atoms in total. The van der Waals surface area contributed by atoms with E-state index in [1.165, 1.54) is 6.07 Å². The number of alkyl halides is 3. The molecule has 0 aromatic carbocycles. The molecule has 2 fully saturated rings. The maximum absolute atomic E-state index is 12.8. The largest absolute Gasteiger partial charge is 0.417 e. The molecule has 2 aromatic heterocycles. The molecule has 1 N–H and O–H groups in total. The predicted molar refractivity (Wildman–Crippen MR) is 110 cm³/mol. The predicted octanol–water partition coefficient (Wildman–Crippen LogP) is 3.72. The third-order valence-electron chi connectivity index (χ3n) is 5.99. The molecule has 4 rings (SSSR count). The van der Waals surface area contributed by atoms with Gasteiger partial charge < -0.3 is 10.2 Å². The molecule has 162 valence electrons. The van der Waals surface area contributed by atoms with Crippen molar-refractivity contribution in [3.05, 3.63) is 54.0 Å². The molecule has 0 aliphatic carbocycles. The smallest absolute Gasteiger partial charge is 0.355 e. The Balaban J connectivity index is 1.25. The first kappa shape index (κ1) is 21.1. The molecule has 30 heavy (non-hydrogen) atoms. The highest BCUT2D eigenvalue weighted by Gasteiger charge is 2.31. The third-order valence-corrected chi connectivity index (χ3v) is 5.99. The Morgan fingerprint density at radius 2 is 1.80 bits per heavy atom. The molecule has 1 unspecified atom stereocenters. The summed E-state index contributed by atoms with van der Waals surface area (Å²) in [4.78, 5) is 13.0. The van der Waals surface area contributed by atoms with E-state index in [2.05, 4.69) is 31.2 Å². The average Bonchev–Trinajstić information content (AvgIpc) is 2.76. The summed E-state index contributed by atoms with van der Waals surface area (Å²) in [6, 6.07) is 9.46. The van der Waals surface area contributed by atoms with Crippen LogP contribution in [0.15, 0.2) is 42.7 Å². The Kier molecular flexibility index (Phi) is 6.53. The molecule has 2 aliphatic heterocycles. The lowest BCUT2D eigenvalue weighted by atomic mass is 10.00. The van der Waals surface area contributed by atoms with Gasteiger partial charge in [0, 0.05) is 57.2 Å². The van der Waals surface area contributed by atoms with E-state index in [4.69, 9.17) is 0 Å². The SMILES string of the molecule is FC(F)(F)c1ccc(N2CCCC(NC3CCN(Cc4ccccn4)CC3)C2)nc1. The first-order valence-electron chi connectivity index (χ1n) is 10.6. The number of likely N-dealkylation sites (tertiary alicyclic amines) is 1. The lowest BCUT2D eigenvalue weighted by molar-refractivity contribution is -0.137. The molecular formula is C22H28F3N5. The van der Waals surface area contributed by atoms with Gasteiger partial charge in [0.2, 0.25) is 0 Å². The molecule has 2 saturated heterocycles. The summed E-state index contributed by atoms with van der Waals surface area (Å²) in [5, 5.41) is 3.79. The van der Waals surface area contributed by atoms with Crippen molar-refractivity contribution in [1.82, 2.24) is 20.2 Å². The summed E-state index contributed by atoms with van der Waals surface area (Å²) >= 11 is 0. The fourth-order valence-corrected chi connectivity index (χ4v) is 4.37. The number of nitrogens with zero attached hydrogens (tertiary/aromatic N) is 4. The minimum absolute atomic E-state index is 0.343. The molecule has 0 spiro atoms. The summed E-state index contributed by atoms with van der Waals surface area (Å²) in [7, 11) is 0. The van der Waals surface area contributed by atoms with Gasteiger partial charge in [0.15, 0.2) is 0 Å². The summed E-state index contributed by atoms with van der Waals surface area (Å²) < 4.78 is 38.3. The fourth-order valence-electron chi connectivity index (χ4n) is 4.37. The van der Waals surface area contributed by atoms with Crippen molar-refractivity contribution in [3.63, 3.8) is 0 Å². The van der Waals surface area contributed by atoms with E-state index in [0.29, 0.717) is 17.9 Å². The number of nitrogens with one attached hydrogen (secondary N) is 1. The van der Waals surface area contributed by atoms with Crippen LogP contribution in [0.2, 0.25) is 0 Å². The Bertz CT molecular complexity index is 789. The van der Waals surface area contributed by atoms with Crippen molar-refractivity contribution in [1.29, 1.82) is 0 Å². The average molecular weight is 419 g/mol. The minimum Gasteiger partial charge on any atom is -0.355 e. The van der Waals surface area contributed by atoms with Gasteiger partial charge in [0.05, 0.1) is 11.3 Å². The quantitative estimate of drug-likeness (QED) is 0.800. The second-order valence-corrected chi connectivity index (χ2v) is 8.23. The van der Waals surface area contributed by atoms with Crippen LogP contribution in [0.4, 0.5) is 19.0 Å². The Hall–Kier alpha value is -2.19. The molecule has 0 radical (unpaired) electrons. The van der Waals surface area contributed by atoms with E-state index >= 15 is 0 Å². The lowest BCUT2D eigenvalue weighted by Gasteiger charge is -2.38. The van der Waals surface area contributed by atoms with Crippen LogP contribution in [0.25, 0.3) is 0 Å². The lowest BCUT2D eigenvalue weighted by Crippen LogP contribution is -2.52. The Morgan fingerprint density at radius 1 is 0.967 bits per heavy atom. The maximum atomic E-state index is 12.8. The molecule has 2 aliphatic rings. The minimum atomic E-state index is -4.34. The van der Waals surface area contributed by atoms with Crippen molar-refractivity contribution in [3.8, 4) is 0 Å². The van der Waals surface area contributed by atoms with Crippen LogP contribution >= 0.6 is 0 Å². The number of pyridine rings is 2. The monoisotopic (exact) mass is 419 g/mol. The Labute approximate surface area is 175 Å². The molecule has 0 saturated carbocycles. The van der Waals surface area contributed by atoms with Gasteiger partial charge in [-0.15, -0.1) is 0 Å². The standard InChI is InChI=1S/C22H28F3N5/c23-22(24,25)17-6-7-21(27-14-17)30-11-3-5-20(16-30)28-18-8-12-29(13-9-18)15-19-4-1-2-10-26-19/h1-2,4,6-7,10,14,18,20,28H,3,5,8-9,11-13,15-16H2. The van der Waals surface area contributed by atoms with E-state index in [9.17, 15) is 13.2 Å². The fraction of sp³-hybridized carbons (Fsp3) is 0.545. The number of halogens is 3. The third kappa shape index (κ3) is 5.49. The van der Waals surface area contributed by atoms with Crippen molar-refractivity contribution in [2.45, 2.75) is 50.5 Å². The Morgan fingerprint density at radius 3 is 2.47 bits per heavy atom. The van der Waals surface area contributed by atoms with Gasteiger partial charge in [-0.1, -0.05) is 6.07 Å². The van der Waals surface area contributed by atoms with Crippen molar-refractivity contribution >= 4 is 5.82 Å². The van der Waals surface area contributed by atoms with Gasteiger partial charge in [-0.25, -0.2) is 4.98 Å². The highest BCUT2D eigenvalue weighted by molar-refractivity contribution is 5.40. The molecule has 2 aromatic rings. The molecule has 1 atom stereocenters. The number of anilines is 1. The molecule has 8 heteroatoms. The van der Waals surface area contributed by atoms with E-state index in [-0.39, 0.29) is 0 Å². The van der Waals surface area contributed by atoms with E-state index < -0.39 is 11.7 Å². The van der Waals surface area contributed by atoms with Crippen LogP contribution in [0.5, 0.6) is 0 Å². The van der Waals surface area contributed by atoms with Crippen LogP contribution in [0.1, 0.15) is 36.9 Å². The zero-order valence-corrected chi connectivity index (χ0v) is 17.0. The number of rotatable bonds is 5. The summed E-state index contributed by atoms with van der Waals surface area (Å²) in [5.41, 5.74) is 0.409. The van der Waals surface area contributed by atoms with E-state index in [0.717, 1.165) is 76.4 Å². The van der Waals surface area contributed by atoms with Gasteiger partial charge in [0.1, 0.15) is 5.82 Å². The summed E-state index contributed by atoms with van der Waals surface area (Å²) in [6.45, 7) is 4.60. The number of hydrogen-bond donors (Lipinski definition) is 1. The highest BCUT2D eigenvalue weighted by atomic mass is 19.4. The molecular weight excluding hydrogens is 391 g/mol. The first-order valence-corrected chi connectivity index (χ1v) is 10.6. The van der Waals surface area contributed by atoms with Crippen LogP contribution in [0.3, 0.4) is 0 Å². The molecule has 0 amide bonds. The molecule has 0 bridgehead atoms. The normalized spacial score (nSPS) is 21.7. The van der Waals surface area contributed by atoms with Gasteiger partial charge in [0.25, 0.3) is 0 Å². The van der Waals surface area contributed by atoms with Crippen LogP contribution in [-0.2, 0) is 12.7 Å². The number of piperidine rings is 2. The summed E-state index contributed by atoms with van der Waals surface area (Å²) in [5.74, 6) is 0.625. The second kappa shape index (κ2) is 9.31. The van der Waals surface area contributed by atoms with Crippen LogP contribution in [0, 0.1) is 0 Å². The number of hydrogen-bond acceptors (Lipinski definition) is 5. The topological polar surface area (TPSA) is 44.3 Å². The van der Waals surface area contributed by atoms with Crippen LogP contribution < -0.4 is 10.2 Å². The van der Waals surface area contributed by atoms with Gasteiger partial charge in [-0.3, -0.25) is 9.88 Å². The highest BCUT2D eigenvalue weighted by Crippen LogP contribution is 2.30. The van der Waals surface area contributed by atoms with Crippen molar-refractivity contribution in [2.24, 2.45) is 0 Å². The summed E-state index contributed by atoms with van der Waals surface area (Å²) in [6.07, 6.45) is 2.73. The van der Waals surface area contributed by atoms with E-state index in [1.54, 1.807) is 0 Å². The zero-order valence-electron chi connectivity index (χ0n) is 17.0.